The molecule has 1 aliphatic rings. The number of carbonyl (C=O) groups excluding carboxylic acids is 1. The highest BCUT2D eigenvalue weighted by molar-refractivity contribution is 7.10. The molecule has 6 rings (SSSR count). The van der Waals surface area contributed by atoms with Crippen molar-refractivity contribution in [2.45, 2.75) is 31.3 Å². The molecule has 2 aromatic carbocycles. The number of rotatable bonds is 7. The Morgan fingerprint density at radius 1 is 1.24 bits per heavy atom. The number of halogens is 2. The van der Waals surface area contributed by atoms with Crippen LogP contribution in [0.2, 0.25) is 5.02 Å². The van der Waals surface area contributed by atoms with Crippen molar-refractivity contribution >= 4 is 57.4 Å². The van der Waals surface area contributed by atoms with Gasteiger partial charge in [-0.05, 0) is 31.2 Å². The van der Waals surface area contributed by atoms with Gasteiger partial charge in [-0.2, -0.15) is 5.10 Å². The van der Waals surface area contributed by atoms with Crippen molar-refractivity contribution in [2.75, 3.05) is 11.1 Å². The third-order valence-electron chi connectivity index (χ3n) is 7.05. The molecule has 0 aliphatic carbocycles. The number of anilines is 2. The Hall–Kier alpha value is -4.46. The van der Waals surface area contributed by atoms with Crippen molar-refractivity contribution in [3.05, 3.63) is 80.5 Å². The molecule has 0 fully saturated rings. The molecule has 4 heterocycles. The number of aromatic nitrogens is 5. The number of amides is 1. The Bertz CT molecular complexity index is 1870. The van der Waals surface area contributed by atoms with Crippen LogP contribution >= 0.6 is 22.9 Å². The van der Waals surface area contributed by atoms with Crippen LogP contribution in [0.1, 0.15) is 28.8 Å². The molecule has 0 saturated heterocycles. The second-order valence-electron chi connectivity index (χ2n) is 9.79. The number of thiazole rings is 1. The summed E-state index contributed by atoms with van der Waals surface area (Å²) in [4.78, 5) is 38.1. The summed E-state index contributed by atoms with van der Waals surface area (Å²) >= 11 is 7.47. The molecule has 1 amide bonds. The van der Waals surface area contributed by atoms with E-state index >= 15 is 0 Å². The molecule has 0 radical (unpaired) electrons. The summed E-state index contributed by atoms with van der Waals surface area (Å²) in [7, 11) is 0. The first kappa shape index (κ1) is 26.7. The molecule has 41 heavy (non-hydrogen) atoms. The molecule has 5 aromatic rings. The van der Waals surface area contributed by atoms with Crippen LogP contribution in [0, 0.1) is 5.82 Å². The summed E-state index contributed by atoms with van der Waals surface area (Å²) in [6.07, 6.45) is 0.00788. The van der Waals surface area contributed by atoms with E-state index in [2.05, 4.69) is 20.3 Å². The van der Waals surface area contributed by atoms with Crippen molar-refractivity contribution < 1.29 is 19.1 Å². The number of nitrogen functional groups attached to an aromatic ring is 1. The van der Waals surface area contributed by atoms with Crippen molar-refractivity contribution in [1.82, 2.24) is 24.7 Å². The third-order valence-corrected chi connectivity index (χ3v) is 8.40. The van der Waals surface area contributed by atoms with E-state index in [9.17, 15) is 14.0 Å². The van der Waals surface area contributed by atoms with Gasteiger partial charge in [0.2, 0.25) is 5.91 Å². The SMILES string of the molecule is C[C@@]1(c2nc(C[C@@H](N)C(=O)O)cs2)C(=O)Nc2nc(-c3nn(Cc4ccccc4F)c4cc(Cl)ccc34)nc(N)c21. The lowest BCUT2D eigenvalue weighted by Gasteiger charge is -2.20. The van der Waals surface area contributed by atoms with E-state index in [1.165, 1.54) is 17.4 Å². The Kier molecular flexibility index (Phi) is 6.44. The Morgan fingerprint density at radius 2 is 2.02 bits per heavy atom. The highest BCUT2D eigenvalue weighted by Crippen LogP contribution is 2.46. The molecule has 0 unspecified atom stereocenters. The number of aliphatic carboxylic acids is 1. The first-order valence-corrected chi connectivity index (χ1v) is 13.6. The van der Waals surface area contributed by atoms with Crippen LogP contribution in [-0.2, 0) is 28.0 Å². The largest absolute Gasteiger partial charge is 0.480 e. The Balaban J connectivity index is 1.42. The third kappa shape index (κ3) is 4.47. The summed E-state index contributed by atoms with van der Waals surface area (Å²) < 4.78 is 16.1. The first-order chi connectivity index (χ1) is 19.6. The predicted octanol–water partition coefficient (Wildman–Crippen LogP) is 3.59. The van der Waals surface area contributed by atoms with Gasteiger partial charge >= 0.3 is 5.97 Å². The molecule has 1 aliphatic heterocycles. The molecule has 208 valence electrons. The maximum Gasteiger partial charge on any atom is 0.320 e. The zero-order chi connectivity index (χ0) is 29.1. The number of benzene rings is 2. The molecule has 3 aromatic heterocycles. The molecular weight excluding hydrogens is 571 g/mol. The zero-order valence-corrected chi connectivity index (χ0v) is 23.0. The van der Waals surface area contributed by atoms with E-state index in [4.69, 9.17) is 33.3 Å². The number of carboxylic acids is 1. The van der Waals surface area contributed by atoms with Gasteiger partial charge in [-0.15, -0.1) is 11.3 Å². The molecule has 6 N–H and O–H groups in total. The number of fused-ring (bicyclic) bond motifs is 2. The maximum absolute atomic E-state index is 14.5. The summed E-state index contributed by atoms with van der Waals surface area (Å²) in [6, 6.07) is 10.5. The predicted molar refractivity (Wildman–Crippen MR) is 152 cm³/mol. The Morgan fingerprint density at radius 3 is 2.78 bits per heavy atom. The number of nitrogens with zero attached hydrogens (tertiary/aromatic N) is 5. The molecular formula is C27H22ClFN8O3S. The number of hydrogen-bond acceptors (Lipinski definition) is 9. The standard InChI is InChI=1S/C27H22ClFN8O3S/c1-27(26-32-14(11-41-26)9-17(30)24(38)39)19-21(31)33-23(34-22(19)35-25(27)40)20-15-7-6-13(28)8-18(15)37(36-20)10-12-4-2-3-5-16(12)29/h2-8,11,17H,9-10,30H2,1H3,(H,38,39)(H3,31,33,34,35,40)/t17-,27+/m1/s1. The van der Waals surface area contributed by atoms with Crippen molar-refractivity contribution in [2.24, 2.45) is 5.73 Å². The van der Waals surface area contributed by atoms with Gasteiger partial charge in [-0.3, -0.25) is 14.3 Å². The molecule has 0 bridgehead atoms. The quantitative estimate of drug-likeness (QED) is 0.220. The van der Waals surface area contributed by atoms with Crippen LogP contribution in [0.25, 0.3) is 22.4 Å². The zero-order valence-electron chi connectivity index (χ0n) is 21.4. The van der Waals surface area contributed by atoms with Gasteiger partial charge in [-0.1, -0.05) is 29.8 Å². The summed E-state index contributed by atoms with van der Waals surface area (Å²) in [5.74, 6) is -1.49. The van der Waals surface area contributed by atoms with Gasteiger partial charge in [0, 0.05) is 27.8 Å². The molecule has 0 spiro atoms. The van der Waals surface area contributed by atoms with E-state index in [-0.39, 0.29) is 36.2 Å². The lowest BCUT2D eigenvalue weighted by atomic mass is 9.85. The van der Waals surface area contributed by atoms with Crippen LogP contribution in [0.3, 0.4) is 0 Å². The molecule has 0 saturated carbocycles. The first-order valence-electron chi connectivity index (χ1n) is 12.4. The van der Waals surface area contributed by atoms with Crippen LogP contribution in [0.15, 0.2) is 47.8 Å². The molecule has 14 heteroatoms. The van der Waals surface area contributed by atoms with Gasteiger partial charge in [0.05, 0.1) is 23.3 Å². The fourth-order valence-corrected chi connectivity index (χ4v) is 6.04. The van der Waals surface area contributed by atoms with Crippen LogP contribution < -0.4 is 16.8 Å². The highest BCUT2D eigenvalue weighted by atomic mass is 35.5. The monoisotopic (exact) mass is 592 g/mol. The lowest BCUT2D eigenvalue weighted by Crippen LogP contribution is -2.34. The van der Waals surface area contributed by atoms with E-state index < -0.39 is 23.3 Å². The van der Waals surface area contributed by atoms with Gasteiger partial charge in [-0.25, -0.2) is 19.3 Å². The molecule has 2 atom stereocenters. The fraction of sp³-hybridized carbons (Fsp3) is 0.185. The number of nitrogens with one attached hydrogen (secondary N) is 1. The number of carbonyl (C=O) groups is 2. The number of hydrogen-bond donors (Lipinski definition) is 4. The van der Waals surface area contributed by atoms with Crippen molar-refractivity contribution in [1.29, 1.82) is 0 Å². The minimum Gasteiger partial charge on any atom is -0.480 e. The minimum absolute atomic E-state index is 0.00788. The fourth-order valence-electron chi connectivity index (χ4n) is 4.88. The average Bonchev–Trinajstić information content (AvgIpc) is 3.61. The summed E-state index contributed by atoms with van der Waals surface area (Å²) in [5, 5.41) is 19.8. The van der Waals surface area contributed by atoms with Crippen LogP contribution in [-0.4, -0.2) is 47.8 Å². The second kappa shape index (κ2) is 9.87. The van der Waals surface area contributed by atoms with Crippen molar-refractivity contribution in [3.8, 4) is 11.5 Å². The van der Waals surface area contributed by atoms with E-state index in [1.54, 1.807) is 53.4 Å². The van der Waals surface area contributed by atoms with Gasteiger partial charge < -0.3 is 21.9 Å². The molecule has 11 nitrogen and oxygen atoms in total. The van der Waals surface area contributed by atoms with Gasteiger partial charge in [0.25, 0.3) is 0 Å². The van der Waals surface area contributed by atoms with Crippen LogP contribution in [0.4, 0.5) is 16.0 Å². The smallest absolute Gasteiger partial charge is 0.320 e. The van der Waals surface area contributed by atoms with Crippen molar-refractivity contribution in [3.63, 3.8) is 0 Å². The normalized spacial score (nSPS) is 17.0. The Labute approximate surface area is 241 Å². The average molecular weight is 593 g/mol. The van der Waals surface area contributed by atoms with Gasteiger partial charge in [0.1, 0.15) is 39.6 Å². The number of carboxylic acid groups (broad SMARTS) is 1. The second-order valence-corrected chi connectivity index (χ2v) is 11.1. The summed E-state index contributed by atoms with van der Waals surface area (Å²) in [6.45, 7) is 1.80. The summed E-state index contributed by atoms with van der Waals surface area (Å²) in [5.41, 5.74) is 13.1. The lowest BCUT2D eigenvalue weighted by molar-refractivity contribution is -0.138. The van der Waals surface area contributed by atoms with Crippen LogP contribution in [0.5, 0.6) is 0 Å². The van der Waals surface area contributed by atoms with E-state index in [1.807, 2.05) is 0 Å². The van der Waals surface area contributed by atoms with Gasteiger partial charge in [0.15, 0.2) is 5.82 Å². The highest BCUT2D eigenvalue weighted by Gasteiger charge is 2.50. The number of nitrogens with two attached hydrogens (primary N) is 2. The van der Waals surface area contributed by atoms with E-state index in [0.717, 1.165) is 0 Å². The minimum atomic E-state index is -1.31. The van der Waals surface area contributed by atoms with E-state index in [0.29, 0.717) is 43.4 Å². The maximum atomic E-state index is 14.5. The topological polar surface area (TPSA) is 175 Å².